The SMILES string of the molecule is C=C(C)CN=C(N)NCCc1cnn(C)c1. The zero-order chi connectivity index (χ0) is 12.0. The number of guanidine groups is 1. The average molecular weight is 221 g/mol. The van der Waals surface area contributed by atoms with Gasteiger partial charge >= 0.3 is 0 Å². The summed E-state index contributed by atoms with van der Waals surface area (Å²) >= 11 is 0. The third kappa shape index (κ3) is 4.63. The fourth-order valence-electron chi connectivity index (χ4n) is 1.21. The van der Waals surface area contributed by atoms with E-state index in [4.69, 9.17) is 5.73 Å². The fraction of sp³-hybridized carbons (Fsp3) is 0.455. The minimum Gasteiger partial charge on any atom is -0.370 e. The number of aliphatic imine (C=N–C) groups is 1. The van der Waals surface area contributed by atoms with Gasteiger partial charge in [-0.2, -0.15) is 5.10 Å². The first-order valence-corrected chi connectivity index (χ1v) is 5.23. The zero-order valence-corrected chi connectivity index (χ0v) is 9.90. The molecule has 0 atom stereocenters. The molecule has 3 N–H and O–H groups in total. The van der Waals surface area contributed by atoms with E-state index in [-0.39, 0.29) is 0 Å². The summed E-state index contributed by atoms with van der Waals surface area (Å²) in [6.07, 6.45) is 4.73. The van der Waals surface area contributed by atoms with Crippen LogP contribution in [0, 0.1) is 0 Å². The smallest absolute Gasteiger partial charge is 0.188 e. The van der Waals surface area contributed by atoms with Crippen LogP contribution in [0.25, 0.3) is 0 Å². The summed E-state index contributed by atoms with van der Waals surface area (Å²) in [5.74, 6) is 0.465. The molecular formula is C11H19N5. The molecule has 5 heteroatoms. The van der Waals surface area contributed by atoms with Gasteiger partial charge in [0.2, 0.25) is 0 Å². The van der Waals surface area contributed by atoms with E-state index >= 15 is 0 Å². The van der Waals surface area contributed by atoms with Crippen LogP contribution in [0.3, 0.4) is 0 Å². The van der Waals surface area contributed by atoms with Gasteiger partial charge in [0.15, 0.2) is 5.96 Å². The van der Waals surface area contributed by atoms with Crippen LogP contribution in [-0.2, 0) is 13.5 Å². The molecule has 0 bridgehead atoms. The van der Waals surface area contributed by atoms with Gasteiger partial charge in [0.1, 0.15) is 0 Å². The maximum absolute atomic E-state index is 5.67. The minimum atomic E-state index is 0.465. The number of nitrogens with two attached hydrogens (primary N) is 1. The average Bonchev–Trinajstić information content (AvgIpc) is 2.61. The lowest BCUT2D eigenvalue weighted by Crippen LogP contribution is -2.33. The Morgan fingerprint density at radius 1 is 1.69 bits per heavy atom. The van der Waals surface area contributed by atoms with Crippen LogP contribution in [0.1, 0.15) is 12.5 Å². The molecule has 0 aliphatic rings. The van der Waals surface area contributed by atoms with E-state index in [1.807, 2.05) is 26.4 Å². The summed E-state index contributed by atoms with van der Waals surface area (Å²) in [7, 11) is 1.90. The van der Waals surface area contributed by atoms with E-state index in [0.29, 0.717) is 12.5 Å². The third-order valence-electron chi connectivity index (χ3n) is 2.00. The maximum Gasteiger partial charge on any atom is 0.188 e. The van der Waals surface area contributed by atoms with Crippen molar-refractivity contribution in [1.29, 1.82) is 0 Å². The summed E-state index contributed by atoms with van der Waals surface area (Å²) in [5, 5.41) is 7.14. The van der Waals surface area contributed by atoms with Crippen molar-refractivity contribution < 1.29 is 0 Å². The minimum absolute atomic E-state index is 0.465. The molecule has 0 saturated carbocycles. The molecule has 88 valence electrons. The molecule has 0 saturated heterocycles. The van der Waals surface area contributed by atoms with E-state index in [1.165, 1.54) is 5.56 Å². The first-order chi connectivity index (χ1) is 7.58. The highest BCUT2D eigenvalue weighted by Crippen LogP contribution is 1.95. The number of hydrogen-bond donors (Lipinski definition) is 2. The fourth-order valence-corrected chi connectivity index (χ4v) is 1.21. The van der Waals surface area contributed by atoms with Crippen LogP contribution in [0.4, 0.5) is 0 Å². The molecule has 0 spiro atoms. The van der Waals surface area contributed by atoms with Gasteiger partial charge in [-0.25, -0.2) is 4.99 Å². The van der Waals surface area contributed by atoms with Crippen LogP contribution >= 0.6 is 0 Å². The Morgan fingerprint density at radius 3 is 3.00 bits per heavy atom. The molecule has 1 heterocycles. The summed E-state index contributed by atoms with van der Waals surface area (Å²) in [6.45, 7) is 7.02. The van der Waals surface area contributed by atoms with Gasteiger partial charge in [0.05, 0.1) is 12.7 Å². The molecule has 1 rings (SSSR count). The Balaban J connectivity index is 2.25. The number of hydrogen-bond acceptors (Lipinski definition) is 2. The van der Waals surface area contributed by atoms with Crippen molar-refractivity contribution in [3.05, 3.63) is 30.1 Å². The van der Waals surface area contributed by atoms with E-state index in [2.05, 4.69) is 22.0 Å². The second-order valence-electron chi connectivity index (χ2n) is 3.86. The number of nitrogens with zero attached hydrogens (tertiary/aromatic N) is 3. The van der Waals surface area contributed by atoms with Crippen molar-refractivity contribution >= 4 is 5.96 Å². The van der Waals surface area contributed by atoms with Gasteiger partial charge in [0.25, 0.3) is 0 Å². The van der Waals surface area contributed by atoms with Crippen molar-refractivity contribution in [2.24, 2.45) is 17.8 Å². The van der Waals surface area contributed by atoms with Crippen LogP contribution in [0.5, 0.6) is 0 Å². The molecule has 0 fully saturated rings. The molecule has 5 nitrogen and oxygen atoms in total. The molecule has 1 aromatic rings. The predicted octanol–water partition coefficient (Wildman–Crippen LogP) is 0.443. The molecule has 0 amide bonds. The van der Waals surface area contributed by atoms with Gasteiger partial charge in [-0.3, -0.25) is 4.68 Å². The van der Waals surface area contributed by atoms with Gasteiger partial charge in [-0.1, -0.05) is 12.2 Å². The standard InChI is InChI=1S/C11H19N5/c1-9(2)6-14-11(12)13-5-4-10-7-15-16(3)8-10/h7-8H,1,4-6H2,2-3H3,(H3,12,13,14). The van der Waals surface area contributed by atoms with Crippen molar-refractivity contribution in [3.8, 4) is 0 Å². The summed E-state index contributed by atoms with van der Waals surface area (Å²) < 4.78 is 1.79. The number of nitrogens with one attached hydrogen (secondary N) is 1. The Bertz CT molecular complexity index is 377. The number of aromatic nitrogens is 2. The lowest BCUT2D eigenvalue weighted by molar-refractivity contribution is 0.766. The molecule has 0 aromatic carbocycles. The van der Waals surface area contributed by atoms with Crippen molar-refractivity contribution in [2.45, 2.75) is 13.3 Å². The molecular weight excluding hydrogens is 202 g/mol. The second kappa shape index (κ2) is 5.95. The monoisotopic (exact) mass is 221 g/mol. The van der Waals surface area contributed by atoms with Gasteiger partial charge in [-0.05, 0) is 18.9 Å². The molecule has 0 radical (unpaired) electrons. The van der Waals surface area contributed by atoms with E-state index in [1.54, 1.807) is 4.68 Å². The summed E-state index contributed by atoms with van der Waals surface area (Å²) in [4.78, 5) is 4.12. The molecule has 0 aliphatic carbocycles. The summed E-state index contributed by atoms with van der Waals surface area (Å²) in [6, 6.07) is 0. The second-order valence-corrected chi connectivity index (χ2v) is 3.86. The van der Waals surface area contributed by atoms with Crippen molar-refractivity contribution in [3.63, 3.8) is 0 Å². The number of aryl methyl sites for hydroxylation is 1. The maximum atomic E-state index is 5.67. The Labute approximate surface area is 96.1 Å². The van der Waals surface area contributed by atoms with E-state index < -0.39 is 0 Å². The van der Waals surface area contributed by atoms with Crippen molar-refractivity contribution in [2.75, 3.05) is 13.1 Å². The molecule has 16 heavy (non-hydrogen) atoms. The largest absolute Gasteiger partial charge is 0.370 e. The predicted molar refractivity (Wildman–Crippen MR) is 66.2 cm³/mol. The number of rotatable bonds is 5. The van der Waals surface area contributed by atoms with E-state index in [0.717, 1.165) is 18.5 Å². The first-order valence-electron chi connectivity index (χ1n) is 5.23. The lowest BCUT2D eigenvalue weighted by Gasteiger charge is -2.04. The van der Waals surface area contributed by atoms with Crippen molar-refractivity contribution in [1.82, 2.24) is 15.1 Å². The molecule has 1 aromatic heterocycles. The zero-order valence-electron chi connectivity index (χ0n) is 9.90. The van der Waals surface area contributed by atoms with Gasteiger partial charge in [-0.15, -0.1) is 0 Å². The Morgan fingerprint density at radius 2 is 2.44 bits per heavy atom. The normalized spacial score (nSPS) is 11.5. The summed E-state index contributed by atoms with van der Waals surface area (Å²) in [5.41, 5.74) is 7.85. The quantitative estimate of drug-likeness (QED) is 0.431. The van der Waals surface area contributed by atoms with Crippen LogP contribution < -0.4 is 11.1 Å². The van der Waals surface area contributed by atoms with Crippen LogP contribution in [0.15, 0.2) is 29.5 Å². The topological polar surface area (TPSA) is 68.2 Å². The molecule has 0 unspecified atom stereocenters. The van der Waals surface area contributed by atoms with E-state index in [9.17, 15) is 0 Å². The van der Waals surface area contributed by atoms with Gasteiger partial charge < -0.3 is 11.1 Å². The lowest BCUT2D eigenvalue weighted by atomic mass is 10.2. The van der Waals surface area contributed by atoms with Crippen LogP contribution in [-0.4, -0.2) is 28.8 Å². The Kier molecular flexibility index (Phi) is 4.57. The third-order valence-corrected chi connectivity index (χ3v) is 2.00. The highest BCUT2D eigenvalue weighted by atomic mass is 15.2. The highest BCUT2D eigenvalue weighted by molar-refractivity contribution is 5.77. The first kappa shape index (κ1) is 12.3. The van der Waals surface area contributed by atoms with Gasteiger partial charge in [0, 0.05) is 19.8 Å². The Hall–Kier alpha value is -1.78. The molecule has 0 aliphatic heterocycles. The highest BCUT2D eigenvalue weighted by Gasteiger charge is 1.96. The van der Waals surface area contributed by atoms with Crippen LogP contribution in [0.2, 0.25) is 0 Å².